The van der Waals surface area contributed by atoms with Crippen LogP contribution in [-0.4, -0.2) is 18.0 Å². The molecule has 0 fully saturated rings. The van der Waals surface area contributed by atoms with Crippen molar-refractivity contribution < 1.29 is 14.3 Å². The van der Waals surface area contributed by atoms with E-state index in [1.165, 1.54) is 5.56 Å². The molecule has 2 aromatic carbocycles. The van der Waals surface area contributed by atoms with E-state index in [0.717, 1.165) is 11.3 Å². The molecule has 1 heterocycles. The Balaban J connectivity index is 1.49. The second kappa shape index (κ2) is 9.55. The lowest BCUT2D eigenvalue weighted by Gasteiger charge is -2.12. The Morgan fingerprint density at radius 1 is 1.04 bits per heavy atom. The van der Waals surface area contributed by atoms with Crippen molar-refractivity contribution in [2.75, 3.05) is 7.11 Å². The molecule has 0 radical (unpaired) electrons. The van der Waals surface area contributed by atoms with E-state index in [1.807, 2.05) is 54.6 Å². The summed E-state index contributed by atoms with van der Waals surface area (Å²) >= 11 is 0. The average Bonchev–Trinajstić information content (AvgIpc) is 2.74. The molecular formula is C23H24N2O3. The molecule has 5 heteroatoms. The number of rotatable bonds is 8. The van der Waals surface area contributed by atoms with Gasteiger partial charge in [0, 0.05) is 31.3 Å². The van der Waals surface area contributed by atoms with Crippen LogP contribution >= 0.6 is 0 Å². The fourth-order valence-corrected chi connectivity index (χ4v) is 2.81. The Bertz CT molecular complexity index is 895. The SMILES string of the molecule is COc1cccc(Oc2ccc(CNC(=O)CC(C)c3ccccc3)cn2)c1. The minimum absolute atomic E-state index is 0.0214. The van der Waals surface area contributed by atoms with Crippen LogP contribution in [0.25, 0.3) is 0 Å². The Morgan fingerprint density at radius 3 is 2.54 bits per heavy atom. The maximum absolute atomic E-state index is 12.2. The minimum Gasteiger partial charge on any atom is -0.497 e. The molecule has 1 unspecified atom stereocenters. The molecule has 28 heavy (non-hydrogen) atoms. The molecule has 0 spiro atoms. The molecule has 0 saturated carbocycles. The van der Waals surface area contributed by atoms with E-state index in [9.17, 15) is 4.79 Å². The summed E-state index contributed by atoms with van der Waals surface area (Å²) in [6.45, 7) is 2.49. The largest absolute Gasteiger partial charge is 0.497 e. The second-order valence-electron chi connectivity index (χ2n) is 6.58. The second-order valence-corrected chi connectivity index (χ2v) is 6.58. The zero-order valence-corrected chi connectivity index (χ0v) is 16.1. The normalized spacial score (nSPS) is 11.5. The first-order valence-corrected chi connectivity index (χ1v) is 9.22. The molecule has 3 rings (SSSR count). The maximum atomic E-state index is 12.2. The average molecular weight is 376 g/mol. The van der Waals surface area contributed by atoms with E-state index in [1.54, 1.807) is 25.4 Å². The molecule has 1 atom stereocenters. The number of pyridine rings is 1. The predicted molar refractivity (Wildman–Crippen MR) is 109 cm³/mol. The highest BCUT2D eigenvalue weighted by molar-refractivity contribution is 5.76. The Kier molecular flexibility index (Phi) is 6.63. The number of amides is 1. The summed E-state index contributed by atoms with van der Waals surface area (Å²) in [5.41, 5.74) is 2.08. The van der Waals surface area contributed by atoms with Gasteiger partial charge in [-0.3, -0.25) is 4.79 Å². The van der Waals surface area contributed by atoms with Gasteiger partial charge in [0.2, 0.25) is 11.8 Å². The maximum Gasteiger partial charge on any atom is 0.220 e. The number of hydrogen-bond acceptors (Lipinski definition) is 4. The van der Waals surface area contributed by atoms with Crippen molar-refractivity contribution in [3.63, 3.8) is 0 Å². The summed E-state index contributed by atoms with van der Waals surface area (Å²) in [6.07, 6.45) is 2.16. The van der Waals surface area contributed by atoms with Gasteiger partial charge in [-0.2, -0.15) is 0 Å². The van der Waals surface area contributed by atoms with Crippen LogP contribution < -0.4 is 14.8 Å². The van der Waals surface area contributed by atoms with Crippen LogP contribution in [0.2, 0.25) is 0 Å². The van der Waals surface area contributed by atoms with E-state index < -0.39 is 0 Å². The van der Waals surface area contributed by atoms with Gasteiger partial charge in [-0.15, -0.1) is 0 Å². The first kappa shape index (κ1) is 19.4. The van der Waals surface area contributed by atoms with Gasteiger partial charge < -0.3 is 14.8 Å². The van der Waals surface area contributed by atoms with Crippen LogP contribution in [0, 0.1) is 0 Å². The highest BCUT2D eigenvalue weighted by atomic mass is 16.5. The van der Waals surface area contributed by atoms with Gasteiger partial charge in [0.1, 0.15) is 11.5 Å². The van der Waals surface area contributed by atoms with Crippen molar-refractivity contribution >= 4 is 5.91 Å². The van der Waals surface area contributed by atoms with E-state index in [-0.39, 0.29) is 11.8 Å². The van der Waals surface area contributed by atoms with Gasteiger partial charge in [-0.05, 0) is 29.2 Å². The van der Waals surface area contributed by atoms with Crippen LogP contribution in [0.15, 0.2) is 72.9 Å². The molecule has 0 aliphatic carbocycles. The van der Waals surface area contributed by atoms with Gasteiger partial charge in [-0.1, -0.05) is 49.4 Å². The van der Waals surface area contributed by atoms with E-state index in [2.05, 4.69) is 17.2 Å². The number of carbonyl (C=O) groups excluding carboxylic acids is 1. The Labute approximate surface area is 165 Å². The van der Waals surface area contributed by atoms with Gasteiger partial charge in [-0.25, -0.2) is 4.98 Å². The first-order chi connectivity index (χ1) is 13.6. The van der Waals surface area contributed by atoms with E-state index in [0.29, 0.717) is 24.6 Å². The van der Waals surface area contributed by atoms with Crippen molar-refractivity contribution in [2.45, 2.75) is 25.8 Å². The predicted octanol–water partition coefficient (Wildman–Crippen LogP) is 4.69. The molecule has 0 aliphatic rings. The van der Waals surface area contributed by atoms with Crippen molar-refractivity contribution in [3.05, 3.63) is 84.1 Å². The smallest absolute Gasteiger partial charge is 0.220 e. The number of carbonyl (C=O) groups is 1. The third-order valence-corrected chi connectivity index (χ3v) is 4.41. The number of ether oxygens (including phenoxy) is 2. The van der Waals surface area contributed by atoms with E-state index >= 15 is 0 Å². The van der Waals surface area contributed by atoms with E-state index in [4.69, 9.17) is 9.47 Å². The van der Waals surface area contributed by atoms with Crippen LogP contribution in [0.5, 0.6) is 17.4 Å². The van der Waals surface area contributed by atoms with Crippen LogP contribution in [0.1, 0.15) is 30.4 Å². The molecule has 5 nitrogen and oxygen atoms in total. The zero-order chi connectivity index (χ0) is 19.8. The number of benzene rings is 2. The summed E-state index contributed by atoms with van der Waals surface area (Å²) in [7, 11) is 1.61. The van der Waals surface area contributed by atoms with Crippen molar-refractivity contribution in [3.8, 4) is 17.4 Å². The molecule has 1 amide bonds. The fourth-order valence-electron chi connectivity index (χ4n) is 2.81. The number of hydrogen-bond donors (Lipinski definition) is 1. The summed E-state index contributed by atoms with van der Waals surface area (Å²) < 4.78 is 10.9. The Morgan fingerprint density at radius 2 is 1.82 bits per heavy atom. The van der Waals surface area contributed by atoms with Crippen molar-refractivity contribution in [2.24, 2.45) is 0 Å². The molecular weight excluding hydrogens is 352 g/mol. The van der Waals surface area contributed by atoms with Gasteiger partial charge in [0.05, 0.1) is 7.11 Å². The summed E-state index contributed by atoms with van der Waals surface area (Å²) in [6, 6.07) is 21.1. The topological polar surface area (TPSA) is 60.5 Å². The number of nitrogens with zero attached hydrogens (tertiary/aromatic N) is 1. The highest BCUT2D eigenvalue weighted by Crippen LogP contribution is 2.24. The molecule has 0 aliphatic heterocycles. The summed E-state index contributed by atoms with van der Waals surface area (Å²) in [4.78, 5) is 16.5. The number of methoxy groups -OCH3 is 1. The summed E-state index contributed by atoms with van der Waals surface area (Å²) in [5, 5.41) is 2.95. The molecule has 144 valence electrons. The van der Waals surface area contributed by atoms with Gasteiger partial charge in [0.25, 0.3) is 0 Å². The Hall–Kier alpha value is -3.34. The number of nitrogens with one attached hydrogen (secondary N) is 1. The lowest BCUT2D eigenvalue weighted by Crippen LogP contribution is -2.24. The minimum atomic E-state index is 0.0214. The standard InChI is InChI=1S/C23H24N2O3/c1-17(19-7-4-3-5-8-19)13-22(26)24-15-18-11-12-23(25-16-18)28-21-10-6-9-20(14-21)27-2/h3-12,14,16-17H,13,15H2,1-2H3,(H,24,26). The molecule has 0 saturated heterocycles. The van der Waals surface area contributed by atoms with Crippen LogP contribution in [-0.2, 0) is 11.3 Å². The highest BCUT2D eigenvalue weighted by Gasteiger charge is 2.11. The molecule has 3 aromatic rings. The molecule has 1 aromatic heterocycles. The third-order valence-electron chi connectivity index (χ3n) is 4.41. The zero-order valence-electron chi connectivity index (χ0n) is 16.1. The molecule has 1 N–H and O–H groups in total. The monoisotopic (exact) mass is 376 g/mol. The molecule has 0 bridgehead atoms. The lowest BCUT2D eigenvalue weighted by atomic mass is 9.97. The quantitative estimate of drug-likeness (QED) is 0.619. The van der Waals surface area contributed by atoms with Crippen LogP contribution in [0.3, 0.4) is 0 Å². The first-order valence-electron chi connectivity index (χ1n) is 9.22. The van der Waals surface area contributed by atoms with Crippen molar-refractivity contribution in [1.29, 1.82) is 0 Å². The summed E-state index contributed by atoms with van der Waals surface area (Å²) in [5.74, 6) is 2.07. The third kappa shape index (κ3) is 5.58. The van der Waals surface area contributed by atoms with Crippen molar-refractivity contribution in [1.82, 2.24) is 10.3 Å². The van der Waals surface area contributed by atoms with Gasteiger partial charge >= 0.3 is 0 Å². The lowest BCUT2D eigenvalue weighted by molar-refractivity contribution is -0.121. The fraction of sp³-hybridized carbons (Fsp3) is 0.217. The van der Waals surface area contributed by atoms with Crippen LogP contribution in [0.4, 0.5) is 0 Å². The van der Waals surface area contributed by atoms with Gasteiger partial charge in [0.15, 0.2) is 0 Å². The number of aromatic nitrogens is 1.